The largest absolute Gasteiger partial charge is 0.356 e. The first-order valence-corrected chi connectivity index (χ1v) is 23.0. The van der Waals surface area contributed by atoms with Gasteiger partial charge in [0.25, 0.3) is 0 Å². The lowest BCUT2D eigenvalue weighted by molar-refractivity contribution is 0.135. The molecule has 0 aromatic carbocycles. The minimum absolute atomic E-state index is 0.637. The predicted octanol–water partition coefficient (Wildman–Crippen LogP) is 16.3. The van der Waals surface area contributed by atoms with Crippen molar-refractivity contribution in [3.05, 3.63) is 12.4 Å². The lowest BCUT2D eigenvalue weighted by Gasteiger charge is -2.33. The average molecular weight is 673 g/mol. The van der Waals surface area contributed by atoms with Crippen LogP contribution in [-0.4, -0.2) is 29.1 Å². The highest BCUT2D eigenvalue weighted by molar-refractivity contribution is 4.97. The Bertz CT molecular complexity index is 630. The van der Waals surface area contributed by atoms with Gasteiger partial charge in [0.1, 0.15) is 6.17 Å². The summed E-state index contributed by atoms with van der Waals surface area (Å²) in [6.45, 7) is 9.49. The molecule has 0 spiro atoms. The fourth-order valence-electron chi connectivity index (χ4n) is 7.95. The van der Waals surface area contributed by atoms with E-state index in [9.17, 15) is 0 Å². The van der Waals surface area contributed by atoms with E-state index in [1.54, 1.807) is 0 Å². The Morgan fingerprint density at radius 2 is 0.479 bits per heavy atom. The highest BCUT2D eigenvalue weighted by Crippen LogP contribution is 2.24. The number of rotatable bonds is 40. The van der Waals surface area contributed by atoms with Crippen LogP contribution in [0.25, 0.3) is 0 Å². The maximum absolute atomic E-state index is 2.73. The van der Waals surface area contributed by atoms with E-state index in [2.05, 4.69) is 43.0 Å². The summed E-state index contributed by atoms with van der Waals surface area (Å²) >= 11 is 0. The Kier molecular flexibility index (Phi) is 35.5. The first-order chi connectivity index (χ1) is 23.8. The zero-order chi connectivity index (χ0) is 34.4. The molecule has 0 saturated carbocycles. The van der Waals surface area contributed by atoms with Crippen molar-refractivity contribution in [2.24, 2.45) is 0 Å². The second kappa shape index (κ2) is 37.6. The fourth-order valence-corrected chi connectivity index (χ4v) is 7.95. The number of hydrogen-bond acceptors (Lipinski definition) is 2. The van der Waals surface area contributed by atoms with Crippen molar-refractivity contribution in [2.45, 2.75) is 271 Å². The van der Waals surface area contributed by atoms with E-state index < -0.39 is 0 Å². The molecule has 1 rings (SSSR count). The summed E-state index contributed by atoms with van der Waals surface area (Å²) < 4.78 is 0. The maximum atomic E-state index is 2.73. The van der Waals surface area contributed by atoms with E-state index in [0.29, 0.717) is 6.17 Å². The molecule has 0 N–H and O–H groups in total. The Hall–Kier alpha value is -0.660. The SMILES string of the molecule is CCCCCCCCCCCCCCCCN1C=CN(CCCCCCCCCCCCCC)C1CCCCCCCCCCCCC. The third-order valence-electron chi connectivity index (χ3n) is 11.3. The third-order valence-corrected chi connectivity index (χ3v) is 11.3. The molecular weight excluding hydrogens is 581 g/mol. The summed E-state index contributed by atoms with van der Waals surface area (Å²) in [7, 11) is 0. The van der Waals surface area contributed by atoms with Crippen LogP contribution in [0.4, 0.5) is 0 Å². The monoisotopic (exact) mass is 673 g/mol. The van der Waals surface area contributed by atoms with E-state index in [4.69, 9.17) is 0 Å². The summed E-state index contributed by atoms with van der Waals surface area (Å²) in [5, 5.41) is 0. The van der Waals surface area contributed by atoms with E-state index in [1.165, 1.54) is 257 Å². The molecule has 1 aliphatic heterocycles. The van der Waals surface area contributed by atoms with Crippen molar-refractivity contribution in [3.8, 4) is 0 Å². The molecule has 0 aromatic rings. The van der Waals surface area contributed by atoms with Crippen molar-refractivity contribution in [2.75, 3.05) is 13.1 Å². The molecule has 0 fully saturated rings. The Labute approximate surface area is 305 Å². The molecule has 0 radical (unpaired) electrons. The van der Waals surface area contributed by atoms with Gasteiger partial charge in [-0.3, -0.25) is 0 Å². The molecule has 1 atom stereocenters. The molecule has 1 heterocycles. The van der Waals surface area contributed by atoms with E-state index in [-0.39, 0.29) is 0 Å². The van der Waals surface area contributed by atoms with Gasteiger partial charge in [-0.2, -0.15) is 0 Å². The molecule has 0 amide bonds. The molecule has 1 unspecified atom stereocenters. The van der Waals surface area contributed by atoms with Gasteiger partial charge in [0.2, 0.25) is 0 Å². The molecule has 0 aliphatic carbocycles. The minimum atomic E-state index is 0.637. The van der Waals surface area contributed by atoms with E-state index in [0.717, 1.165) is 0 Å². The molecule has 286 valence electrons. The van der Waals surface area contributed by atoms with Gasteiger partial charge >= 0.3 is 0 Å². The summed E-state index contributed by atoms with van der Waals surface area (Å²) in [6, 6.07) is 0. The van der Waals surface area contributed by atoms with Crippen molar-refractivity contribution < 1.29 is 0 Å². The topological polar surface area (TPSA) is 6.48 Å². The summed E-state index contributed by atoms with van der Waals surface area (Å²) in [5.74, 6) is 0. The van der Waals surface area contributed by atoms with Crippen LogP contribution < -0.4 is 0 Å². The standard InChI is InChI=1S/C46H92N2/c1-4-7-10-13-16-19-22-24-25-28-31-34-37-40-43-48-45-44-47(42-39-36-33-30-27-23-20-17-14-11-8-5-2)46(48)41-38-35-32-29-26-21-18-15-12-9-6-3/h44-46H,4-43H2,1-3H3. The van der Waals surface area contributed by atoms with Gasteiger partial charge in [-0.25, -0.2) is 0 Å². The lowest BCUT2D eigenvalue weighted by Crippen LogP contribution is -2.39. The highest BCUT2D eigenvalue weighted by Gasteiger charge is 2.24. The van der Waals surface area contributed by atoms with Crippen LogP contribution in [0.15, 0.2) is 12.4 Å². The third kappa shape index (κ3) is 29.1. The normalized spacial score (nSPS) is 14.6. The predicted molar refractivity (Wildman–Crippen MR) is 219 cm³/mol. The van der Waals surface area contributed by atoms with Crippen molar-refractivity contribution in [3.63, 3.8) is 0 Å². The van der Waals surface area contributed by atoms with E-state index >= 15 is 0 Å². The molecule has 1 aliphatic rings. The van der Waals surface area contributed by atoms with Crippen LogP contribution in [0, 0.1) is 0 Å². The van der Waals surface area contributed by atoms with Crippen LogP contribution in [0.2, 0.25) is 0 Å². The molecular formula is C46H92N2. The fraction of sp³-hybridized carbons (Fsp3) is 0.957. The zero-order valence-electron chi connectivity index (χ0n) is 33.9. The van der Waals surface area contributed by atoms with Gasteiger partial charge in [-0.1, -0.05) is 239 Å². The first kappa shape index (κ1) is 45.4. The Morgan fingerprint density at radius 3 is 0.729 bits per heavy atom. The van der Waals surface area contributed by atoms with Gasteiger partial charge < -0.3 is 9.80 Å². The summed E-state index contributed by atoms with van der Waals surface area (Å²) in [6.07, 6.45) is 60.4. The first-order valence-electron chi connectivity index (χ1n) is 23.0. The van der Waals surface area contributed by atoms with Gasteiger partial charge in [0, 0.05) is 25.5 Å². The summed E-state index contributed by atoms with van der Waals surface area (Å²) in [5.41, 5.74) is 0. The smallest absolute Gasteiger partial charge is 0.101 e. The molecule has 2 nitrogen and oxygen atoms in total. The Morgan fingerprint density at radius 1 is 0.271 bits per heavy atom. The second-order valence-electron chi connectivity index (χ2n) is 16.1. The number of hydrogen-bond donors (Lipinski definition) is 0. The quantitative estimate of drug-likeness (QED) is 0.0598. The highest BCUT2D eigenvalue weighted by atomic mass is 15.4. The Balaban J connectivity index is 2.21. The number of unbranched alkanes of at least 4 members (excludes halogenated alkanes) is 34. The van der Waals surface area contributed by atoms with Gasteiger partial charge in [0.05, 0.1) is 0 Å². The van der Waals surface area contributed by atoms with Gasteiger partial charge in [-0.15, -0.1) is 0 Å². The second-order valence-corrected chi connectivity index (χ2v) is 16.1. The zero-order valence-corrected chi connectivity index (χ0v) is 33.9. The summed E-state index contributed by atoms with van der Waals surface area (Å²) in [4.78, 5) is 5.47. The van der Waals surface area contributed by atoms with Gasteiger partial charge in [-0.05, 0) is 25.7 Å². The van der Waals surface area contributed by atoms with Crippen molar-refractivity contribution in [1.82, 2.24) is 9.80 Å². The maximum Gasteiger partial charge on any atom is 0.101 e. The van der Waals surface area contributed by atoms with Crippen LogP contribution in [0.5, 0.6) is 0 Å². The average Bonchev–Trinajstić information content (AvgIpc) is 3.48. The molecule has 2 heteroatoms. The van der Waals surface area contributed by atoms with Crippen molar-refractivity contribution in [1.29, 1.82) is 0 Å². The molecule has 48 heavy (non-hydrogen) atoms. The van der Waals surface area contributed by atoms with Crippen LogP contribution in [0.3, 0.4) is 0 Å². The van der Waals surface area contributed by atoms with E-state index in [1.807, 2.05) is 0 Å². The lowest BCUT2D eigenvalue weighted by atomic mass is 10.0. The molecule has 0 aromatic heterocycles. The van der Waals surface area contributed by atoms with Crippen LogP contribution >= 0.6 is 0 Å². The van der Waals surface area contributed by atoms with Gasteiger partial charge in [0.15, 0.2) is 0 Å². The number of nitrogens with zero attached hydrogens (tertiary/aromatic N) is 2. The molecule has 0 saturated heterocycles. The minimum Gasteiger partial charge on any atom is -0.356 e. The molecule has 0 bridgehead atoms. The van der Waals surface area contributed by atoms with Crippen molar-refractivity contribution >= 4 is 0 Å². The van der Waals surface area contributed by atoms with Crippen LogP contribution in [-0.2, 0) is 0 Å². The van der Waals surface area contributed by atoms with Crippen LogP contribution in [0.1, 0.15) is 265 Å².